The van der Waals surface area contributed by atoms with Crippen molar-refractivity contribution < 1.29 is 41.7 Å². The minimum Gasteiger partial charge on any atom is -0.460 e. The van der Waals surface area contributed by atoms with E-state index in [1.807, 2.05) is 0 Å². The van der Waals surface area contributed by atoms with Crippen molar-refractivity contribution in [3.05, 3.63) is 76.7 Å². The lowest BCUT2D eigenvalue weighted by molar-refractivity contribution is -0.218. The molecule has 14 heteroatoms. The highest BCUT2D eigenvalue weighted by Gasteiger charge is 2.51. The Labute approximate surface area is 215 Å². The van der Waals surface area contributed by atoms with Gasteiger partial charge in [-0.2, -0.15) is 13.2 Å². The summed E-state index contributed by atoms with van der Waals surface area (Å²) in [6.07, 6.45) is -10.4. The van der Waals surface area contributed by atoms with Gasteiger partial charge in [0.2, 0.25) is 6.29 Å². The summed E-state index contributed by atoms with van der Waals surface area (Å²) in [4.78, 5) is 30.5. The van der Waals surface area contributed by atoms with Crippen molar-refractivity contribution in [3.8, 4) is 0 Å². The molecule has 38 heavy (non-hydrogen) atoms. The molecule has 202 valence electrons. The molecule has 1 aliphatic rings. The minimum atomic E-state index is -5.05. The molecule has 0 aromatic heterocycles. The molecule has 0 radical (unpaired) electrons. The van der Waals surface area contributed by atoms with E-state index in [1.165, 1.54) is 31.2 Å². The second-order valence-corrected chi connectivity index (χ2v) is 8.08. The quantitative estimate of drug-likeness (QED) is 0.133. The van der Waals surface area contributed by atoms with Gasteiger partial charge >= 0.3 is 18.2 Å². The van der Waals surface area contributed by atoms with Crippen molar-refractivity contribution in [3.63, 3.8) is 0 Å². The smallest absolute Gasteiger partial charge is 0.460 e. The SMILES string of the molecule is CC(=O)O[C@@H]1[C@@H](N=[N+]=[N-])[C@@H](OC(=Nc2ccccc2)C(F)(F)F)O[C@H](C)[C@@H]1NC(=O)OCc1ccccc1. The van der Waals surface area contributed by atoms with E-state index in [2.05, 4.69) is 20.3 Å². The van der Waals surface area contributed by atoms with Crippen LogP contribution in [0.4, 0.5) is 23.7 Å². The molecular formula is C24H24F3N5O6. The Hall–Kier alpha value is -4.29. The lowest BCUT2D eigenvalue weighted by Crippen LogP contribution is -2.64. The summed E-state index contributed by atoms with van der Waals surface area (Å²) < 4.78 is 62.4. The largest absolute Gasteiger partial charge is 0.468 e. The first-order chi connectivity index (χ1) is 18.1. The van der Waals surface area contributed by atoms with Gasteiger partial charge in [0.25, 0.3) is 5.90 Å². The summed E-state index contributed by atoms with van der Waals surface area (Å²) in [5.74, 6) is -2.52. The first-order valence-electron chi connectivity index (χ1n) is 11.3. The number of nitrogens with one attached hydrogen (secondary N) is 1. The molecule has 0 unspecified atom stereocenters. The number of hydrogen-bond donors (Lipinski definition) is 1. The molecule has 3 rings (SSSR count). The zero-order valence-corrected chi connectivity index (χ0v) is 20.2. The van der Waals surface area contributed by atoms with Crippen molar-refractivity contribution in [2.45, 2.75) is 57.2 Å². The Bertz CT molecular complexity index is 1180. The normalized spacial score (nSPS) is 23.5. The fourth-order valence-electron chi connectivity index (χ4n) is 3.61. The Morgan fingerprint density at radius 1 is 1.08 bits per heavy atom. The predicted octanol–water partition coefficient (Wildman–Crippen LogP) is 4.95. The number of halogens is 3. The maximum absolute atomic E-state index is 13.8. The standard InChI is InChI=1S/C24H24F3N5O6/c1-14-18(30-23(34)35-13-16-9-5-3-6-10-16)20(37-15(2)33)19(31-32-28)21(36-14)38-22(24(25,26)27)29-17-11-7-4-8-12-17/h3-12,14,18-21H,13H2,1-2H3,(H,30,34)/t14-,18+,19-,20+,21-/m1/s1. The van der Waals surface area contributed by atoms with Gasteiger partial charge < -0.3 is 24.3 Å². The van der Waals surface area contributed by atoms with Crippen LogP contribution in [0.1, 0.15) is 19.4 Å². The van der Waals surface area contributed by atoms with E-state index >= 15 is 0 Å². The zero-order valence-electron chi connectivity index (χ0n) is 20.2. The van der Waals surface area contributed by atoms with Gasteiger partial charge in [-0.15, -0.1) is 0 Å². The number of benzene rings is 2. The molecule has 0 aliphatic carbocycles. The number of nitrogens with zero attached hydrogens (tertiary/aromatic N) is 4. The van der Waals surface area contributed by atoms with Gasteiger partial charge in [-0.05, 0) is 30.2 Å². The van der Waals surface area contributed by atoms with Crippen molar-refractivity contribution >= 4 is 23.6 Å². The van der Waals surface area contributed by atoms with E-state index in [4.69, 9.17) is 24.5 Å². The van der Waals surface area contributed by atoms with Gasteiger partial charge in [0.05, 0.1) is 17.8 Å². The Kier molecular flexibility index (Phi) is 9.52. The lowest BCUT2D eigenvalue weighted by atomic mass is 9.95. The van der Waals surface area contributed by atoms with Crippen molar-refractivity contribution in [2.75, 3.05) is 0 Å². The average molecular weight is 535 g/mol. The third kappa shape index (κ3) is 7.85. The predicted molar refractivity (Wildman–Crippen MR) is 127 cm³/mol. The van der Waals surface area contributed by atoms with Crippen LogP contribution in [0.3, 0.4) is 0 Å². The fourth-order valence-corrected chi connectivity index (χ4v) is 3.61. The van der Waals surface area contributed by atoms with Crippen LogP contribution in [-0.2, 0) is 30.3 Å². The highest BCUT2D eigenvalue weighted by atomic mass is 19.4. The number of carbonyl (C=O) groups is 2. The average Bonchev–Trinajstić information content (AvgIpc) is 2.87. The van der Waals surface area contributed by atoms with Crippen molar-refractivity contribution in [1.82, 2.24) is 5.32 Å². The van der Waals surface area contributed by atoms with Gasteiger partial charge in [0.15, 0.2) is 0 Å². The van der Waals surface area contributed by atoms with Crippen LogP contribution in [0, 0.1) is 0 Å². The number of amides is 1. The summed E-state index contributed by atoms with van der Waals surface area (Å²) in [7, 11) is 0. The van der Waals surface area contributed by atoms with Crippen LogP contribution < -0.4 is 5.32 Å². The Balaban J connectivity index is 1.85. The molecule has 1 heterocycles. The van der Waals surface area contributed by atoms with Crippen LogP contribution in [-0.4, -0.2) is 54.7 Å². The Morgan fingerprint density at radius 3 is 2.29 bits per heavy atom. The fraction of sp³-hybridized carbons (Fsp3) is 0.375. The third-order valence-corrected chi connectivity index (χ3v) is 5.27. The number of aliphatic imine (C=N–C) groups is 1. The van der Waals surface area contributed by atoms with Gasteiger partial charge in [-0.1, -0.05) is 53.6 Å². The van der Waals surface area contributed by atoms with Crippen LogP contribution >= 0.6 is 0 Å². The number of esters is 1. The maximum atomic E-state index is 13.8. The van der Waals surface area contributed by atoms with Crippen LogP contribution in [0.25, 0.3) is 10.4 Å². The van der Waals surface area contributed by atoms with Crippen molar-refractivity contribution in [2.24, 2.45) is 10.1 Å². The van der Waals surface area contributed by atoms with E-state index in [1.54, 1.807) is 36.4 Å². The number of rotatable bonds is 7. The number of hydrogen-bond acceptors (Lipinski definition) is 8. The molecule has 2 aromatic rings. The minimum absolute atomic E-state index is 0.0544. The lowest BCUT2D eigenvalue weighted by Gasteiger charge is -2.43. The molecule has 0 saturated carbocycles. The summed E-state index contributed by atoms with van der Waals surface area (Å²) in [5.41, 5.74) is 9.75. The first kappa shape index (κ1) is 28.3. The Morgan fingerprint density at radius 2 is 1.71 bits per heavy atom. The topological polar surface area (TPSA) is 144 Å². The highest BCUT2D eigenvalue weighted by molar-refractivity contribution is 5.84. The van der Waals surface area contributed by atoms with Gasteiger partial charge in [-0.3, -0.25) is 4.79 Å². The molecule has 1 saturated heterocycles. The molecule has 0 spiro atoms. The van der Waals surface area contributed by atoms with Crippen LogP contribution in [0.15, 0.2) is 70.8 Å². The molecule has 1 amide bonds. The molecule has 1 fully saturated rings. The number of azide groups is 1. The van der Waals surface area contributed by atoms with Gasteiger partial charge in [0, 0.05) is 11.8 Å². The molecule has 1 N–H and O–H groups in total. The van der Waals surface area contributed by atoms with E-state index < -0.39 is 54.7 Å². The number of ether oxygens (including phenoxy) is 4. The summed E-state index contributed by atoms with van der Waals surface area (Å²) in [6.45, 7) is 2.37. The summed E-state index contributed by atoms with van der Waals surface area (Å²) in [6, 6.07) is 13.2. The molecule has 2 aromatic carbocycles. The van der Waals surface area contributed by atoms with Crippen LogP contribution in [0.2, 0.25) is 0 Å². The second kappa shape index (κ2) is 12.8. The van der Waals surface area contributed by atoms with Gasteiger partial charge in [0.1, 0.15) is 18.8 Å². The maximum Gasteiger partial charge on any atom is 0.468 e. The zero-order chi connectivity index (χ0) is 27.7. The summed E-state index contributed by atoms with van der Waals surface area (Å²) >= 11 is 0. The van der Waals surface area contributed by atoms with Crippen molar-refractivity contribution in [1.29, 1.82) is 0 Å². The second-order valence-electron chi connectivity index (χ2n) is 8.08. The molecule has 5 atom stereocenters. The van der Waals surface area contributed by atoms with E-state index in [0.29, 0.717) is 5.56 Å². The molecular weight excluding hydrogens is 511 g/mol. The highest BCUT2D eigenvalue weighted by Crippen LogP contribution is 2.31. The van der Waals surface area contributed by atoms with E-state index in [9.17, 15) is 22.8 Å². The van der Waals surface area contributed by atoms with Gasteiger partial charge in [-0.25, -0.2) is 9.79 Å². The van der Waals surface area contributed by atoms with Crippen LogP contribution in [0.5, 0.6) is 0 Å². The number of alkyl halides is 3. The molecule has 0 bridgehead atoms. The number of para-hydroxylation sites is 1. The monoisotopic (exact) mass is 535 g/mol. The third-order valence-electron chi connectivity index (χ3n) is 5.27. The number of alkyl carbamates (subject to hydrolysis) is 1. The summed E-state index contributed by atoms with van der Waals surface area (Å²) in [5, 5.41) is 5.94. The van der Waals surface area contributed by atoms with E-state index in [0.717, 1.165) is 6.92 Å². The van der Waals surface area contributed by atoms with E-state index in [-0.39, 0.29) is 12.3 Å². The first-order valence-corrected chi connectivity index (χ1v) is 11.3. The number of carbonyl (C=O) groups excluding carboxylic acids is 2. The molecule has 1 aliphatic heterocycles. The molecule has 11 nitrogen and oxygen atoms in total.